The van der Waals surface area contributed by atoms with Crippen LogP contribution in [0.15, 0.2) is 30.4 Å². The van der Waals surface area contributed by atoms with E-state index < -0.39 is 11.9 Å². The van der Waals surface area contributed by atoms with Crippen molar-refractivity contribution in [1.29, 1.82) is 0 Å². The van der Waals surface area contributed by atoms with Crippen molar-refractivity contribution in [3.8, 4) is 5.75 Å². The Morgan fingerprint density at radius 2 is 1.59 bits per heavy atom. The van der Waals surface area contributed by atoms with E-state index >= 15 is 0 Å². The topological polar surface area (TPSA) is 107 Å². The van der Waals surface area contributed by atoms with Gasteiger partial charge in [0.05, 0.1) is 10.0 Å². The highest BCUT2D eigenvalue weighted by atomic mass is 35.5. The monoisotopic (exact) mass is 486 g/mol. The zero-order valence-corrected chi connectivity index (χ0v) is 19.2. The minimum absolute atomic E-state index is 0.0501. The lowest BCUT2D eigenvalue weighted by Crippen LogP contribution is -2.50. The molecule has 0 spiro atoms. The molecule has 1 unspecified atom stereocenters. The maximum atomic E-state index is 12.6. The fraction of sp³-hybridized carbons (Fsp3) is 0.500. The van der Waals surface area contributed by atoms with Crippen LogP contribution in [0.5, 0.6) is 5.75 Å². The van der Waals surface area contributed by atoms with Crippen LogP contribution in [0.3, 0.4) is 0 Å². The van der Waals surface area contributed by atoms with Gasteiger partial charge < -0.3 is 24.7 Å². The summed E-state index contributed by atoms with van der Waals surface area (Å²) in [6, 6.07) is 5.39. The van der Waals surface area contributed by atoms with Gasteiger partial charge >= 0.3 is 11.9 Å². The number of benzene rings is 1. The first-order valence-electron chi connectivity index (χ1n) is 10.5. The Morgan fingerprint density at radius 3 is 2.19 bits per heavy atom. The number of halogens is 2. The number of likely N-dealkylation sites (tertiary alicyclic amines) is 2. The summed E-state index contributed by atoms with van der Waals surface area (Å²) in [7, 11) is 0. The van der Waals surface area contributed by atoms with Crippen molar-refractivity contribution >= 4 is 41.0 Å². The van der Waals surface area contributed by atoms with E-state index in [-0.39, 0.29) is 12.5 Å². The summed E-state index contributed by atoms with van der Waals surface area (Å²) in [5.74, 6) is -1.88. The van der Waals surface area contributed by atoms with E-state index in [0.29, 0.717) is 34.0 Å². The normalized spacial score (nSPS) is 18.8. The largest absolute Gasteiger partial charge is 0.484 e. The van der Waals surface area contributed by atoms with Crippen molar-refractivity contribution < 1.29 is 29.3 Å². The second-order valence-electron chi connectivity index (χ2n) is 7.62. The molecule has 1 aromatic rings. The van der Waals surface area contributed by atoms with Crippen molar-refractivity contribution in [3.05, 3.63) is 40.4 Å². The SMILES string of the molecule is O=C(COc1ccc(Cl)c(Cl)c1)N1CCCCC1CN1CCCC1.O=C(O)/C=C/C(=O)O. The number of carboxylic acid groups (broad SMARTS) is 2. The van der Waals surface area contributed by atoms with Crippen molar-refractivity contribution in [2.75, 3.05) is 32.8 Å². The van der Waals surface area contributed by atoms with Gasteiger partial charge in [0.25, 0.3) is 5.91 Å². The summed E-state index contributed by atoms with van der Waals surface area (Å²) in [5, 5.41) is 16.5. The van der Waals surface area contributed by atoms with Gasteiger partial charge in [-0.25, -0.2) is 9.59 Å². The van der Waals surface area contributed by atoms with Gasteiger partial charge in [0, 0.05) is 37.3 Å². The smallest absolute Gasteiger partial charge is 0.328 e. The lowest BCUT2D eigenvalue weighted by atomic mass is 10.0. The number of ether oxygens (including phenoxy) is 1. The van der Waals surface area contributed by atoms with E-state index in [9.17, 15) is 14.4 Å². The number of aliphatic carboxylic acids is 2. The van der Waals surface area contributed by atoms with Crippen molar-refractivity contribution in [2.45, 2.75) is 38.1 Å². The molecule has 2 heterocycles. The number of carbonyl (C=O) groups excluding carboxylic acids is 1. The Balaban J connectivity index is 0.000000390. The molecule has 10 heteroatoms. The van der Waals surface area contributed by atoms with Crippen LogP contribution in [0, 0.1) is 0 Å². The van der Waals surface area contributed by atoms with Gasteiger partial charge in [-0.3, -0.25) is 4.79 Å². The van der Waals surface area contributed by atoms with Gasteiger partial charge in [0.15, 0.2) is 6.61 Å². The summed E-state index contributed by atoms with van der Waals surface area (Å²) < 4.78 is 5.63. The van der Waals surface area contributed by atoms with Crippen molar-refractivity contribution in [3.63, 3.8) is 0 Å². The zero-order chi connectivity index (χ0) is 23.5. The zero-order valence-electron chi connectivity index (χ0n) is 17.7. The molecule has 3 rings (SSSR count). The molecule has 176 valence electrons. The van der Waals surface area contributed by atoms with Crippen LogP contribution < -0.4 is 4.74 Å². The Labute approximate surface area is 197 Å². The van der Waals surface area contributed by atoms with Gasteiger partial charge in [-0.15, -0.1) is 0 Å². The van der Waals surface area contributed by atoms with Crippen LogP contribution in [0.25, 0.3) is 0 Å². The van der Waals surface area contributed by atoms with Crippen LogP contribution in [0.1, 0.15) is 32.1 Å². The highest BCUT2D eigenvalue weighted by molar-refractivity contribution is 6.42. The molecule has 0 bridgehead atoms. The molecule has 32 heavy (non-hydrogen) atoms. The molecule has 2 N–H and O–H groups in total. The number of carboxylic acids is 2. The minimum Gasteiger partial charge on any atom is -0.484 e. The van der Waals surface area contributed by atoms with E-state index in [0.717, 1.165) is 39.0 Å². The number of piperidine rings is 1. The fourth-order valence-corrected chi connectivity index (χ4v) is 4.01. The summed E-state index contributed by atoms with van der Waals surface area (Å²) in [5.41, 5.74) is 0. The van der Waals surface area contributed by atoms with E-state index in [4.69, 9.17) is 38.2 Å². The second-order valence-corrected chi connectivity index (χ2v) is 8.43. The molecule has 2 fully saturated rings. The van der Waals surface area contributed by atoms with Crippen molar-refractivity contribution in [1.82, 2.24) is 9.80 Å². The maximum absolute atomic E-state index is 12.6. The lowest BCUT2D eigenvalue weighted by Gasteiger charge is -2.37. The van der Waals surface area contributed by atoms with Gasteiger partial charge in [0.1, 0.15) is 5.75 Å². The van der Waals surface area contributed by atoms with E-state index in [1.807, 2.05) is 4.90 Å². The van der Waals surface area contributed by atoms with E-state index in [1.54, 1.807) is 18.2 Å². The summed E-state index contributed by atoms with van der Waals surface area (Å²) >= 11 is 11.9. The lowest BCUT2D eigenvalue weighted by molar-refractivity contribution is -0.137. The molecule has 0 aromatic heterocycles. The number of rotatable bonds is 7. The Kier molecular flexibility index (Phi) is 10.8. The van der Waals surface area contributed by atoms with Gasteiger partial charge in [-0.05, 0) is 57.3 Å². The Hall–Kier alpha value is -2.29. The van der Waals surface area contributed by atoms with Crippen LogP contribution in [0.4, 0.5) is 0 Å². The third kappa shape index (κ3) is 9.06. The summed E-state index contributed by atoms with van der Waals surface area (Å²) in [4.78, 5) is 36.2. The number of amides is 1. The Morgan fingerprint density at radius 1 is 0.969 bits per heavy atom. The van der Waals surface area contributed by atoms with E-state index in [1.165, 1.54) is 19.3 Å². The third-order valence-corrected chi connectivity index (χ3v) is 5.98. The van der Waals surface area contributed by atoms with Crippen LogP contribution in [-0.4, -0.2) is 76.7 Å². The first-order chi connectivity index (χ1) is 15.3. The predicted molar refractivity (Wildman–Crippen MR) is 121 cm³/mol. The molecular formula is C22H28Cl2N2O6. The molecule has 2 aliphatic heterocycles. The minimum atomic E-state index is -1.26. The quantitative estimate of drug-likeness (QED) is 0.567. The molecule has 8 nitrogen and oxygen atoms in total. The molecule has 0 aliphatic carbocycles. The highest BCUT2D eigenvalue weighted by Gasteiger charge is 2.29. The average Bonchev–Trinajstić information content (AvgIpc) is 3.27. The van der Waals surface area contributed by atoms with Crippen LogP contribution in [0.2, 0.25) is 10.0 Å². The first kappa shape index (κ1) is 26.0. The maximum Gasteiger partial charge on any atom is 0.328 e. The van der Waals surface area contributed by atoms with E-state index in [2.05, 4.69) is 4.90 Å². The highest BCUT2D eigenvalue weighted by Crippen LogP contribution is 2.26. The van der Waals surface area contributed by atoms with Crippen LogP contribution >= 0.6 is 23.2 Å². The fourth-order valence-electron chi connectivity index (χ4n) is 3.72. The molecule has 1 amide bonds. The molecule has 0 radical (unpaired) electrons. The third-order valence-electron chi connectivity index (χ3n) is 5.24. The Bertz CT molecular complexity index is 811. The number of hydrogen-bond acceptors (Lipinski definition) is 5. The number of nitrogens with zero attached hydrogens (tertiary/aromatic N) is 2. The standard InChI is InChI=1S/C18H24Cl2N2O2.C4H4O4/c19-16-7-6-15(11-17(16)20)24-13-18(23)22-10-2-1-5-14(22)12-21-8-3-4-9-21;5-3(6)1-2-4(7)8/h6-7,11,14H,1-5,8-10,12-13H2;1-2H,(H,5,6)(H,7,8)/b;2-1+. The molecule has 0 saturated carbocycles. The average molecular weight is 487 g/mol. The van der Waals surface area contributed by atoms with Gasteiger partial charge in [-0.1, -0.05) is 23.2 Å². The summed E-state index contributed by atoms with van der Waals surface area (Å²) in [6.45, 7) is 4.21. The van der Waals surface area contributed by atoms with Crippen LogP contribution in [-0.2, 0) is 14.4 Å². The van der Waals surface area contributed by atoms with Gasteiger partial charge in [-0.2, -0.15) is 0 Å². The molecular weight excluding hydrogens is 459 g/mol. The number of carbonyl (C=O) groups is 3. The summed E-state index contributed by atoms with van der Waals surface area (Å²) in [6.07, 6.45) is 7.05. The molecule has 1 atom stereocenters. The second kappa shape index (κ2) is 13.3. The molecule has 1 aromatic carbocycles. The van der Waals surface area contributed by atoms with Gasteiger partial charge in [0.2, 0.25) is 0 Å². The predicted octanol–water partition coefficient (Wildman–Crippen LogP) is 3.56. The van der Waals surface area contributed by atoms with Crippen molar-refractivity contribution in [2.24, 2.45) is 0 Å². The number of hydrogen-bond donors (Lipinski definition) is 2. The molecule has 2 aliphatic rings. The first-order valence-corrected chi connectivity index (χ1v) is 11.3. The molecule has 2 saturated heterocycles.